The molecule has 2 aromatic rings. The van der Waals surface area contributed by atoms with Crippen LogP contribution in [0.15, 0.2) is 59.5 Å². The molecule has 5 nitrogen and oxygen atoms in total. The van der Waals surface area contributed by atoms with E-state index >= 15 is 0 Å². The Labute approximate surface area is 168 Å². The second-order valence-corrected chi connectivity index (χ2v) is 9.58. The summed E-state index contributed by atoms with van der Waals surface area (Å²) in [5.74, 6) is 0.672. The van der Waals surface area contributed by atoms with Crippen LogP contribution in [0.2, 0.25) is 0 Å². The zero-order chi connectivity index (χ0) is 19.6. The zero-order valence-corrected chi connectivity index (χ0v) is 17.1. The molecule has 0 amide bonds. The maximum atomic E-state index is 13.4. The topological polar surface area (TPSA) is 49.9 Å². The molecule has 6 heteroatoms. The fraction of sp³-hybridized carbons (Fsp3) is 0.455. The lowest BCUT2D eigenvalue weighted by Gasteiger charge is -2.38. The van der Waals surface area contributed by atoms with Gasteiger partial charge in [0.2, 0.25) is 10.0 Å². The molecular weight excluding hydrogens is 372 g/mol. The van der Waals surface area contributed by atoms with Gasteiger partial charge in [-0.3, -0.25) is 4.90 Å². The van der Waals surface area contributed by atoms with E-state index in [9.17, 15) is 8.42 Å². The second kappa shape index (κ2) is 8.23. The van der Waals surface area contributed by atoms with Gasteiger partial charge in [-0.2, -0.15) is 4.31 Å². The first-order valence-electron chi connectivity index (χ1n) is 10.0. The largest absolute Gasteiger partial charge is 0.497 e. The van der Waals surface area contributed by atoms with E-state index in [0.29, 0.717) is 10.6 Å². The van der Waals surface area contributed by atoms with Gasteiger partial charge < -0.3 is 4.74 Å². The first-order chi connectivity index (χ1) is 13.6. The number of likely N-dealkylation sites (tertiary alicyclic amines) is 1. The van der Waals surface area contributed by atoms with E-state index in [4.69, 9.17) is 4.74 Å². The molecule has 1 saturated heterocycles. The molecule has 0 N–H and O–H groups in total. The third-order valence-electron chi connectivity index (χ3n) is 5.71. The van der Waals surface area contributed by atoms with Crippen LogP contribution >= 0.6 is 0 Å². The molecule has 0 radical (unpaired) electrons. The summed E-state index contributed by atoms with van der Waals surface area (Å²) in [5, 5.41) is 0. The molecule has 1 heterocycles. The summed E-state index contributed by atoms with van der Waals surface area (Å²) in [6, 6.07) is 17.5. The second-order valence-electron chi connectivity index (χ2n) is 7.73. The summed E-state index contributed by atoms with van der Waals surface area (Å²) in [6.45, 7) is 2.80. The molecule has 1 aliphatic heterocycles. The van der Waals surface area contributed by atoms with Crippen molar-refractivity contribution in [2.45, 2.75) is 49.2 Å². The maximum Gasteiger partial charge on any atom is 0.243 e. The minimum Gasteiger partial charge on any atom is -0.497 e. The van der Waals surface area contributed by atoms with Crippen LogP contribution in [0, 0.1) is 0 Å². The Morgan fingerprint density at radius 1 is 0.929 bits per heavy atom. The van der Waals surface area contributed by atoms with Crippen LogP contribution in [0.5, 0.6) is 5.75 Å². The fourth-order valence-corrected chi connectivity index (χ4v) is 5.99. The van der Waals surface area contributed by atoms with Crippen molar-refractivity contribution in [2.75, 3.05) is 20.2 Å². The molecule has 0 atom stereocenters. The molecule has 28 heavy (non-hydrogen) atoms. The van der Waals surface area contributed by atoms with Crippen LogP contribution in [0.4, 0.5) is 0 Å². The Kier molecular flexibility index (Phi) is 5.71. The number of benzene rings is 2. The summed E-state index contributed by atoms with van der Waals surface area (Å²) >= 11 is 0. The lowest BCUT2D eigenvalue weighted by Crippen LogP contribution is -2.48. The number of sulfonamides is 1. The Bertz CT molecular complexity index is 872. The van der Waals surface area contributed by atoms with Crippen molar-refractivity contribution >= 4 is 10.0 Å². The van der Waals surface area contributed by atoms with Crippen LogP contribution in [-0.4, -0.2) is 49.9 Å². The van der Waals surface area contributed by atoms with Crippen LogP contribution in [0.3, 0.4) is 0 Å². The van der Waals surface area contributed by atoms with Gasteiger partial charge >= 0.3 is 0 Å². The highest BCUT2D eigenvalue weighted by Crippen LogP contribution is 2.37. The van der Waals surface area contributed by atoms with Gasteiger partial charge in [-0.1, -0.05) is 30.3 Å². The molecular formula is C22H28N2O3S. The molecule has 1 aliphatic carbocycles. The van der Waals surface area contributed by atoms with Gasteiger partial charge in [0.1, 0.15) is 5.75 Å². The first-order valence-corrected chi connectivity index (χ1v) is 11.5. The molecule has 0 aromatic heterocycles. The number of hydrogen-bond acceptors (Lipinski definition) is 4. The van der Waals surface area contributed by atoms with Gasteiger partial charge in [0.25, 0.3) is 0 Å². The molecule has 0 unspecified atom stereocenters. The van der Waals surface area contributed by atoms with Gasteiger partial charge in [-0.25, -0.2) is 8.42 Å². The predicted molar refractivity (Wildman–Crippen MR) is 110 cm³/mol. The highest BCUT2D eigenvalue weighted by molar-refractivity contribution is 7.89. The standard InChI is InChI=1S/C22H28N2O3S/c1-27-21-9-11-22(12-10-21)28(25,26)24(19-7-8-19)20-13-15-23(16-14-20)17-18-5-3-2-4-6-18/h2-6,9-12,19-20H,7-8,13-17H2,1H3. The minimum atomic E-state index is -3.48. The van der Waals surface area contributed by atoms with Crippen molar-refractivity contribution in [2.24, 2.45) is 0 Å². The Hall–Kier alpha value is -1.89. The zero-order valence-electron chi connectivity index (χ0n) is 16.3. The Morgan fingerprint density at radius 2 is 1.54 bits per heavy atom. The number of nitrogens with zero attached hydrogens (tertiary/aromatic N) is 2. The number of piperidine rings is 1. The monoisotopic (exact) mass is 400 g/mol. The van der Waals surface area contributed by atoms with Crippen molar-refractivity contribution < 1.29 is 13.2 Å². The summed E-state index contributed by atoms with van der Waals surface area (Å²) in [4.78, 5) is 2.80. The first kappa shape index (κ1) is 19.4. The molecule has 2 fully saturated rings. The summed E-state index contributed by atoms with van der Waals surface area (Å²) in [6.07, 6.45) is 3.72. The van der Waals surface area contributed by atoms with E-state index in [1.54, 1.807) is 31.4 Å². The summed E-state index contributed by atoms with van der Waals surface area (Å²) < 4.78 is 33.7. The summed E-state index contributed by atoms with van der Waals surface area (Å²) in [5.41, 5.74) is 1.31. The molecule has 0 spiro atoms. The number of rotatable bonds is 7. The van der Waals surface area contributed by atoms with Crippen LogP contribution in [0.25, 0.3) is 0 Å². The molecule has 4 rings (SSSR count). The quantitative estimate of drug-likeness (QED) is 0.714. The van der Waals surface area contributed by atoms with Crippen LogP contribution in [-0.2, 0) is 16.6 Å². The van der Waals surface area contributed by atoms with E-state index < -0.39 is 10.0 Å². The molecule has 2 aromatic carbocycles. The summed E-state index contributed by atoms with van der Waals surface area (Å²) in [7, 11) is -1.89. The average molecular weight is 401 g/mol. The van der Waals surface area contributed by atoms with Crippen molar-refractivity contribution in [1.82, 2.24) is 9.21 Å². The third-order valence-corrected chi connectivity index (χ3v) is 7.73. The van der Waals surface area contributed by atoms with E-state index in [2.05, 4.69) is 29.2 Å². The smallest absolute Gasteiger partial charge is 0.243 e. The number of methoxy groups -OCH3 is 1. The van der Waals surface area contributed by atoms with Crippen LogP contribution in [0.1, 0.15) is 31.2 Å². The van der Waals surface area contributed by atoms with Crippen molar-refractivity contribution in [1.29, 1.82) is 0 Å². The normalized spacial score (nSPS) is 19.1. The molecule has 150 valence electrons. The molecule has 0 bridgehead atoms. The fourth-order valence-electron chi connectivity index (χ4n) is 4.06. The van der Waals surface area contributed by atoms with Crippen molar-refractivity contribution in [3.8, 4) is 5.75 Å². The number of hydrogen-bond donors (Lipinski definition) is 0. The SMILES string of the molecule is COc1ccc(S(=O)(=O)N(C2CC2)C2CCN(Cc3ccccc3)CC2)cc1. The predicted octanol–water partition coefficient (Wildman–Crippen LogP) is 3.51. The van der Waals surface area contributed by atoms with E-state index in [1.807, 2.05) is 10.4 Å². The Balaban J connectivity index is 1.45. The maximum absolute atomic E-state index is 13.4. The van der Waals surface area contributed by atoms with Gasteiger partial charge in [-0.05, 0) is 55.5 Å². The Morgan fingerprint density at radius 3 is 2.11 bits per heavy atom. The van der Waals surface area contributed by atoms with Crippen molar-refractivity contribution in [3.05, 3.63) is 60.2 Å². The molecule has 1 saturated carbocycles. The minimum absolute atomic E-state index is 0.0895. The van der Waals surface area contributed by atoms with E-state index in [1.165, 1.54) is 5.56 Å². The average Bonchev–Trinajstić information content (AvgIpc) is 3.55. The highest BCUT2D eigenvalue weighted by Gasteiger charge is 2.43. The molecule has 2 aliphatic rings. The van der Waals surface area contributed by atoms with Gasteiger partial charge in [-0.15, -0.1) is 0 Å². The van der Waals surface area contributed by atoms with Crippen molar-refractivity contribution in [3.63, 3.8) is 0 Å². The van der Waals surface area contributed by atoms with Gasteiger partial charge in [0, 0.05) is 31.7 Å². The third kappa shape index (κ3) is 4.24. The van der Waals surface area contributed by atoms with Gasteiger partial charge in [0.05, 0.1) is 12.0 Å². The van der Waals surface area contributed by atoms with Crippen LogP contribution < -0.4 is 4.74 Å². The van der Waals surface area contributed by atoms with E-state index in [-0.39, 0.29) is 12.1 Å². The number of ether oxygens (including phenoxy) is 1. The van der Waals surface area contributed by atoms with Gasteiger partial charge in [0.15, 0.2) is 0 Å². The lowest BCUT2D eigenvalue weighted by molar-refractivity contribution is 0.150. The lowest BCUT2D eigenvalue weighted by atomic mass is 10.0. The highest BCUT2D eigenvalue weighted by atomic mass is 32.2. The van der Waals surface area contributed by atoms with E-state index in [0.717, 1.165) is 45.3 Å².